The normalized spacial score (nSPS) is 19.3. The van der Waals surface area contributed by atoms with Gasteiger partial charge in [0.15, 0.2) is 0 Å². The molecular weight excluding hydrogens is 614 g/mol. The van der Waals surface area contributed by atoms with Gasteiger partial charge in [0.1, 0.15) is 29.9 Å². The smallest absolute Gasteiger partial charge is 0.320 e. The molecule has 2 fully saturated rings. The summed E-state index contributed by atoms with van der Waals surface area (Å²) in [5.74, 6) is -0.908. The number of halogens is 2. The summed E-state index contributed by atoms with van der Waals surface area (Å²) in [6.07, 6.45) is 6.18. The van der Waals surface area contributed by atoms with Crippen LogP contribution in [-0.4, -0.2) is 72.7 Å². The number of methoxy groups -OCH3 is 1. The Hall–Kier alpha value is -3.69. The molecule has 0 radical (unpaired) electrons. The first-order valence-electron chi connectivity index (χ1n) is 17.4. The highest BCUT2D eigenvalue weighted by atomic mass is 19.3. The van der Waals surface area contributed by atoms with Gasteiger partial charge in [-0.05, 0) is 104 Å². The monoisotopic (exact) mass is 662 g/mol. The molecule has 2 heterocycles. The lowest BCUT2D eigenvalue weighted by molar-refractivity contribution is -0.144. The average molecular weight is 663 g/mol. The van der Waals surface area contributed by atoms with Crippen molar-refractivity contribution < 1.29 is 32.9 Å². The topological polar surface area (TPSA) is 71.5 Å². The number of benzene rings is 3. The second-order valence-electron chi connectivity index (χ2n) is 13.6. The van der Waals surface area contributed by atoms with E-state index in [-0.39, 0.29) is 13.0 Å². The van der Waals surface area contributed by atoms with E-state index in [9.17, 15) is 18.7 Å². The molecule has 7 nitrogen and oxygen atoms in total. The zero-order valence-electron chi connectivity index (χ0n) is 28.5. The largest absolute Gasteiger partial charge is 0.496 e. The fraction of sp³-hybridized carbons (Fsp3) is 0.513. The van der Waals surface area contributed by atoms with Crippen LogP contribution in [0.5, 0.6) is 17.2 Å². The number of hydrogen-bond donors (Lipinski definition) is 1. The third-order valence-electron chi connectivity index (χ3n) is 10.4. The van der Waals surface area contributed by atoms with Crippen molar-refractivity contribution in [1.29, 1.82) is 0 Å². The minimum absolute atomic E-state index is 0.0590. The number of piperidine rings is 1. The highest BCUT2D eigenvalue weighted by Crippen LogP contribution is 2.41. The van der Waals surface area contributed by atoms with Gasteiger partial charge >= 0.3 is 5.97 Å². The molecule has 6 rings (SSSR count). The zero-order chi connectivity index (χ0) is 33.8. The van der Waals surface area contributed by atoms with Gasteiger partial charge in [-0.15, -0.1) is 0 Å². The number of nitrogens with zero attached hydrogens (tertiary/aromatic N) is 2. The number of ether oxygens (including phenoxy) is 3. The van der Waals surface area contributed by atoms with Crippen molar-refractivity contribution in [2.75, 3.05) is 39.9 Å². The van der Waals surface area contributed by atoms with Crippen molar-refractivity contribution in [3.8, 4) is 28.4 Å². The maximum atomic E-state index is 13.5. The highest BCUT2D eigenvalue weighted by molar-refractivity contribution is 5.74. The van der Waals surface area contributed by atoms with Crippen molar-refractivity contribution in [3.05, 3.63) is 75.8 Å². The first-order valence-corrected chi connectivity index (χ1v) is 17.4. The molecule has 48 heavy (non-hydrogen) atoms. The maximum absolute atomic E-state index is 13.5. The van der Waals surface area contributed by atoms with Crippen LogP contribution in [0.15, 0.2) is 42.5 Å². The number of fused-ring (bicyclic) bond motifs is 1. The van der Waals surface area contributed by atoms with Crippen molar-refractivity contribution in [2.24, 2.45) is 0 Å². The van der Waals surface area contributed by atoms with Crippen LogP contribution in [0.1, 0.15) is 71.9 Å². The Balaban J connectivity index is 1.15. The summed E-state index contributed by atoms with van der Waals surface area (Å²) in [5.41, 5.74) is 9.03. The Kier molecular flexibility index (Phi) is 10.6. The number of alkyl halides is 2. The molecule has 0 saturated carbocycles. The number of hydrogen-bond acceptors (Lipinski definition) is 6. The van der Waals surface area contributed by atoms with E-state index in [0.29, 0.717) is 45.7 Å². The Morgan fingerprint density at radius 3 is 2.46 bits per heavy atom. The van der Waals surface area contributed by atoms with E-state index in [1.54, 1.807) is 7.11 Å². The Bertz CT molecular complexity index is 1630. The standard InChI is InChI=1S/C39H48F2N2O5/c1-26-28(10-6-11-29(26)30-12-8-16-35(27(30)2)47-21-9-18-42-20-17-39(40,41)25-42)24-48-37-22-36(46-3)33(31-13-7-14-32(31)37)23-43-19-5-4-15-34(43)38(44)45/h6,8,10-12,16,22,34H,4-5,7,9,13-15,17-21,23-25H2,1-3H3,(H,44,45)/t34-/m0/s1. The van der Waals surface area contributed by atoms with E-state index >= 15 is 0 Å². The lowest BCUT2D eigenvalue weighted by atomic mass is 9.93. The number of carboxylic acids is 1. The van der Waals surface area contributed by atoms with Crippen molar-refractivity contribution in [3.63, 3.8) is 0 Å². The highest BCUT2D eigenvalue weighted by Gasteiger charge is 2.37. The summed E-state index contributed by atoms with van der Waals surface area (Å²) in [7, 11) is 1.68. The predicted molar refractivity (Wildman–Crippen MR) is 183 cm³/mol. The minimum atomic E-state index is -2.57. The summed E-state index contributed by atoms with van der Waals surface area (Å²) in [6, 6.07) is 13.9. The molecule has 3 aliphatic rings. The summed E-state index contributed by atoms with van der Waals surface area (Å²) in [5, 5.41) is 9.84. The van der Waals surface area contributed by atoms with E-state index < -0.39 is 17.9 Å². The van der Waals surface area contributed by atoms with Crippen LogP contribution in [0.3, 0.4) is 0 Å². The van der Waals surface area contributed by atoms with Crippen LogP contribution in [0.25, 0.3) is 11.1 Å². The summed E-state index contributed by atoms with van der Waals surface area (Å²) >= 11 is 0. The molecule has 1 atom stereocenters. The predicted octanol–water partition coefficient (Wildman–Crippen LogP) is 7.60. The molecule has 0 spiro atoms. The molecule has 2 aliphatic heterocycles. The fourth-order valence-corrected chi connectivity index (χ4v) is 7.76. The molecule has 258 valence electrons. The molecule has 3 aromatic rings. The van der Waals surface area contributed by atoms with E-state index in [1.165, 1.54) is 11.1 Å². The quantitative estimate of drug-likeness (QED) is 0.189. The number of carboxylic acid groups (broad SMARTS) is 1. The van der Waals surface area contributed by atoms with Gasteiger partial charge in [-0.3, -0.25) is 14.6 Å². The van der Waals surface area contributed by atoms with Crippen molar-refractivity contribution in [2.45, 2.75) is 90.3 Å². The summed E-state index contributed by atoms with van der Waals surface area (Å²) in [6.45, 7) is 7.31. The first-order chi connectivity index (χ1) is 23.1. The lowest BCUT2D eigenvalue weighted by Crippen LogP contribution is -2.44. The number of rotatable bonds is 13. The maximum Gasteiger partial charge on any atom is 0.320 e. The Morgan fingerprint density at radius 2 is 1.71 bits per heavy atom. The van der Waals surface area contributed by atoms with E-state index in [4.69, 9.17) is 14.2 Å². The summed E-state index contributed by atoms with van der Waals surface area (Å²) < 4.78 is 45.6. The van der Waals surface area contributed by atoms with Crippen LogP contribution < -0.4 is 14.2 Å². The fourth-order valence-electron chi connectivity index (χ4n) is 7.76. The number of aliphatic carboxylic acids is 1. The lowest BCUT2D eigenvalue weighted by Gasteiger charge is -2.34. The van der Waals surface area contributed by atoms with Crippen molar-refractivity contribution in [1.82, 2.24) is 9.80 Å². The molecule has 3 aromatic carbocycles. The molecule has 0 aromatic heterocycles. The van der Waals surface area contributed by atoms with Gasteiger partial charge in [-0.1, -0.05) is 36.8 Å². The van der Waals surface area contributed by atoms with Crippen LogP contribution in [0.4, 0.5) is 8.78 Å². The molecule has 2 saturated heterocycles. The second-order valence-corrected chi connectivity index (χ2v) is 13.6. The van der Waals surface area contributed by atoms with Gasteiger partial charge in [-0.25, -0.2) is 8.78 Å². The Labute approximate surface area is 282 Å². The van der Waals surface area contributed by atoms with E-state index in [1.807, 2.05) is 23.1 Å². The third kappa shape index (κ3) is 7.47. The zero-order valence-corrected chi connectivity index (χ0v) is 28.5. The van der Waals surface area contributed by atoms with Gasteiger partial charge in [-0.2, -0.15) is 0 Å². The molecule has 0 unspecified atom stereocenters. The number of carbonyl (C=O) groups is 1. The number of likely N-dealkylation sites (tertiary alicyclic amines) is 2. The third-order valence-corrected chi connectivity index (χ3v) is 10.4. The van der Waals surface area contributed by atoms with Gasteiger partial charge in [0.2, 0.25) is 0 Å². The molecule has 1 aliphatic carbocycles. The van der Waals surface area contributed by atoms with Gasteiger partial charge in [0.25, 0.3) is 5.92 Å². The molecule has 0 bridgehead atoms. The van der Waals surface area contributed by atoms with Crippen LogP contribution in [0, 0.1) is 13.8 Å². The van der Waals surface area contributed by atoms with E-state index in [2.05, 4.69) is 43.0 Å². The van der Waals surface area contributed by atoms with Crippen molar-refractivity contribution >= 4 is 5.97 Å². The SMILES string of the molecule is COc1cc(OCc2cccc(-c3cccc(OCCCN4CCC(F)(F)C4)c3C)c2C)c2c(c1CN1CCCC[C@H]1C(=O)O)CCC2. The van der Waals surface area contributed by atoms with Gasteiger partial charge < -0.3 is 19.3 Å². The van der Waals surface area contributed by atoms with E-state index in [0.717, 1.165) is 89.3 Å². The average Bonchev–Trinajstić information content (AvgIpc) is 3.70. The Morgan fingerprint density at radius 1 is 0.938 bits per heavy atom. The second kappa shape index (κ2) is 14.8. The van der Waals surface area contributed by atoms with Gasteiger partial charge in [0.05, 0.1) is 20.3 Å². The van der Waals surface area contributed by atoms with Crippen LogP contribution >= 0.6 is 0 Å². The molecule has 0 amide bonds. The van der Waals surface area contributed by atoms with Crippen LogP contribution in [-0.2, 0) is 30.8 Å². The molecule has 1 N–H and O–H groups in total. The van der Waals surface area contributed by atoms with Gasteiger partial charge in [0, 0.05) is 37.7 Å². The first kappa shape index (κ1) is 34.2. The van der Waals surface area contributed by atoms with Crippen LogP contribution in [0.2, 0.25) is 0 Å². The minimum Gasteiger partial charge on any atom is -0.496 e. The molecular formula is C39H48F2N2O5. The molecule has 9 heteroatoms. The summed E-state index contributed by atoms with van der Waals surface area (Å²) in [4.78, 5) is 15.9.